The van der Waals surface area contributed by atoms with E-state index in [0.29, 0.717) is 5.69 Å². The highest BCUT2D eigenvalue weighted by Crippen LogP contribution is 2.05. The lowest BCUT2D eigenvalue weighted by Gasteiger charge is -2.02. The molecule has 80 valence electrons. The van der Waals surface area contributed by atoms with Crippen molar-refractivity contribution in [3.8, 4) is 0 Å². The van der Waals surface area contributed by atoms with Crippen LogP contribution in [0.15, 0.2) is 30.3 Å². The maximum Gasteiger partial charge on any atom is 0.447 e. The molecule has 1 rings (SSSR count). The van der Waals surface area contributed by atoms with Crippen LogP contribution in [-0.4, -0.2) is 12.2 Å². The Bertz CT molecular complexity index is 340. The van der Waals surface area contributed by atoms with E-state index < -0.39 is 12.2 Å². The van der Waals surface area contributed by atoms with Gasteiger partial charge in [-0.05, 0) is 12.1 Å². The fourth-order valence-electron chi connectivity index (χ4n) is 0.742. The van der Waals surface area contributed by atoms with Crippen LogP contribution < -0.4 is 11.1 Å². The Labute approximate surface area is 84.6 Å². The van der Waals surface area contributed by atoms with Gasteiger partial charge in [-0.3, -0.25) is 5.32 Å². The number of nitrogens with two attached hydrogens (primary N) is 1. The van der Waals surface area contributed by atoms with Gasteiger partial charge in [0.05, 0.1) is 5.04 Å². The van der Waals surface area contributed by atoms with E-state index >= 15 is 0 Å². The minimum atomic E-state index is -1.22. The van der Waals surface area contributed by atoms with Gasteiger partial charge in [-0.2, -0.15) is 0 Å². The molecule has 0 aromatic heterocycles. The highest BCUT2D eigenvalue weighted by molar-refractivity contribution is 5.83. The third-order valence-electron chi connectivity index (χ3n) is 1.25. The molecule has 0 spiro atoms. The summed E-state index contributed by atoms with van der Waals surface area (Å²) < 4.78 is 0. The fraction of sp³-hybridized carbons (Fsp3) is 0. The van der Waals surface area contributed by atoms with E-state index in [-0.39, 0.29) is 0 Å². The summed E-state index contributed by atoms with van der Waals surface area (Å²) in [6.45, 7) is 0. The van der Waals surface area contributed by atoms with Gasteiger partial charge in [-0.15, -0.1) is 0 Å². The zero-order valence-electron chi connectivity index (χ0n) is 7.51. The van der Waals surface area contributed by atoms with Crippen LogP contribution in [0.4, 0.5) is 15.3 Å². The number of para-hydroxylation sites is 1. The average molecular weight is 212 g/mol. The minimum Gasteiger partial charge on any atom is -0.332 e. The van der Waals surface area contributed by atoms with Crippen molar-refractivity contribution in [3.05, 3.63) is 30.3 Å². The summed E-state index contributed by atoms with van der Waals surface area (Å²) >= 11 is 0. The summed E-state index contributed by atoms with van der Waals surface area (Å²) in [7, 11) is 0. The summed E-state index contributed by atoms with van der Waals surface area (Å²) in [6, 6.07) is 8.49. The largest absolute Gasteiger partial charge is 0.447 e. The molecular formula is C8H8N2O5. The number of nitrogens with one attached hydrogen (secondary N) is 1. The maximum absolute atomic E-state index is 10.9. The summed E-state index contributed by atoms with van der Waals surface area (Å²) in [5.74, 6) is 0. The van der Waals surface area contributed by atoms with Crippen molar-refractivity contribution >= 4 is 17.9 Å². The molecule has 0 saturated carbocycles. The summed E-state index contributed by atoms with van der Waals surface area (Å²) in [4.78, 5) is 28.6. The predicted molar refractivity (Wildman–Crippen MR) is 48.3 cm³/mol. The number of hydrogen-bond acceptors (Lipinski definition) is 5. The Kier molecular flexibility index (Phi) is 3.92. The third kappa shape index (κ3) is 4.48. The van der Waals surface area contributed by atoms with Gasteiger partial charge in [0.2, 0.25) is 0 Å². The molecular weight excluding hydrogens is 204 g/mol. The fourth-order valence-corrected chi connectivity index (χ4v) is 0.742. The molecule has 0 radical (unpaired) electrons. The third-order valence-corrected chi connectivity index (χ3v) is 1.25. The van der Waals surface area contributed by atoms with E-state index in [1.54, 1.807) is 30.3 Å². The van der Waals surface area contributed by atoms with Crippen LogP contribution in [0.1, 0.15) is 0 Å². The first kappa shape index (κ1) is 10.8. The molecule has 2 amide bonds. The number of carbonyl (C=O) groups excluding carboxylic acids is 2. The molecule has 0 atom stereocenters. The number of hydrogen-bond donors (Lipinski definition) is 2. The Morgan fingerprint density at radius 2 is 1.80 bits per heavy atom. The van der Waals surface area contributed by atoms with Crippen LogP contribution in [0.25, 0.3) is 0 Å². The second-order valence-corrected chi connectivity index (χ2v) is 2.33. The second-order valence-electron chi connectivity index (χ2n) is 2.33. The van der Waals surface area contributed by atoms with Crippen molar-refractivity contribution in [1.82, 2.24) is 0 Å². The standard InChI is InChI=1S/C8H8N2O5/c9-7(11)13-15-14-8(12)10-6-4-2-1-3-5-6/h1-5H,(H2,9,11)(H,10,12). The zero-order chi connectivity index (χ0) is 11.1. The summed E-state index contributed by atoms with van der Waals surface area (Å²) in [5.41, 5.74) is 5.04. The van der Waals surface area contributed by atoms with E-state index in [4.69, 9.17) is 0 Å². The van der Waals surface area contributed by atoms with Crippen LogP contribution in [0.2, 0.25) is 0 Å². The van der Waals surface area contributed by atoms with Gasteiger partial charge in [0, 0.05) is 5.69 Å². The predicted octanol–water partition coefficient (Wildman–Crippen LogP) is 1.18. The molecule has 7 nitrogen and oxygen atoms in total. The Morgan fingerprint density at radius 3 is 2.40 bits per heavy atom. The maximum atomic E-state index is 10.9. The first-order valence-electron chi connectivity index (χ1n) is 3.85. The van der Waals surface area contributed by atoms with Crippen LogP contribution >= 0.6 is 0 Å². The molecule has 0 saturated heterocycles. The molecule has 15 heavy (non-hydrogen) atoms. The normalized spacial score (nSPS) is 9.07. The number of benzene rings is 1. The van der Waals surface area contributed by atoms with E-state index in [0.717, 1.165) is 0 Å². The van der Waals surface area contributed by atoms with Crippen LogP contribution in [0, 0.1) is 0 Å². The summed E-state index contributed by atoms with van der Waals surface area (Å²) in [6.07, 6.45) is -2.16. The van der Waals surface area contributed by atoms with E-state index in [1.807, 2.05) is 0 Å². The molecule has 0 bridgehead atoms. The molecule has 3 N–H and O–H groups in total. The minimum absolute atomic E-state index is 0.505. The number of anilines is 1. The molecule has 0 heterocycles. The monoisotopic (exact) mass is 212 g/mol. The summed E-state index contributed by atoms with van der Waals surface area (Å²) in [5, 5.41) is 6.04. The number of rotatable bonds is 3. The lowest BCUT2D eigenvalue weighted by Crippen LogP contribution is -2.18. The second kappa shape index (κ2) is 5.45. The van der Waals surface area contributed by atoms with Crippen molar-refractivity contribution in [1.29, 1.82) is 0 Å². The first-order valence-corrected chi connectivity index (χ1v) is 3.85. The molecule has 1 aromatic carbocycles. The van der Waals surface area contributed by atoms with Crippen LogP contribution in [0.5, 0.6) is 0 Å². The van der Waals surface area contributed by atoms with E-state index in [1.165, 1.54) is 0 Å². The van der Waals surface area contributed by atoms with Crippen molar-refractivity contribution in [3.63, 3.8) is 0 Å². The van der Waals surface area contributed by atoms with Gasteiger partial charge in [0.25, 0.3) is 0 Å². The molecule has 0 unspecified atom stereocenters. The highest BCUT2D eigenvalue weighted by Gasteiger charge is 2.05. The Hall–Kier alpha value is -2.28. The van der Waals surface area contributed by atoms with Crippen molar-refractivity contribution in [2.24, 2.45) is 5.73 Å². The average Bonchev–Trinajstić information content (AvgIpc) is 2.18. The van der Waals surface area contributed by atoms with Crippen molar-refractivity contribution in [2.75, 3.05) is 5.32 Å². The molecule has 0 aliphatic heterocycles. The molecule has 1 aromatic rings. The molecule has 0 aliphatic rings. The van der Waals surface area contributed by atoms with Crippen molar-refractivity contribution < 1.29 is 24.4 Å². The van der Waals surface area contributed by atoms with Crippen LogP contribution in [0.3, 0.4) is 0 Å². The molecule has 7 heteroatoms. The highest BCUT2D eigenvalue weighted by atomic mass is 17.5. The van der Waals surface area contributed by atoms with Gasteiger partial charge in [-0.1, -0.05) is 18.2 Å². The zero-order valence-corrected chi connectivity index (χ0v) is 7.51. The Balaban J connectivity index is 2.28. The van der Waals surface area contributed by atoms with Crippen molar-refractivity contribution in [2.45, 2.75) is 0 Å². The smallest absolute Gasteiger partial charge is 0.332 e. The lowest BCUT2D eigenvalue weighted by atomic mass is 10.3. The van der Waals surface area contributed by atoms with Crippen LogP contribution in [-0.2, 0) is 14.8 Å². The number of primary amides is 1. The Morgan fingerprint density at radius 1 is 1.13 bits per heavy atom. The molecule has 0 fully saturated rings. The van der Waals surface area contributed by atoms with Gasteiger partial charge in [0.15, 0.2) is 0 Å². The first-order chi connectivity index (χ1) is 7.18. The van der Waals surface area contributed by atoms with E-state index in [2.05, 4.69) is 25.9 Å². The lowest BCUT2D eigenvalue weighted by molar-refractivity contribution is -0.444. The number of carbonyl (C=O) groups is 2. The van der Waals surface area contributed by atoms with Gasteiger partial charge in [-0.25, -0.2) is 19.4 Å². The quantitative estimate of drug-likeness (QED) is 0.578. The van der Waals surface area contributed by atoms with E-state index in [9.17, 15) is 9.59 Å². The van der Waals surface area contributed by atoms with Gasteiger partial charge in [0.1, 0.15) is 0 Å². The topological polar surface area (TPSA) is 99.9 Å². The molecule has 0 aliphatic carbocycles. The van der Waals surface area contributed by atoms with Gasteiger partial charge < -0.3 is 5.73 Å². The van der Waals surface area contributed by atoms with Gasteiger partial charge >= 0.3 is 12.2 Å². The number of amides is 2. The SMILES string of the molecule is NC(=O)OOOC(=O)Nc1ccccc1.